The van der Waals surface area contributed by atoms with Crippen LogP contribution in [0, 0.1) is 23.7 Å². The minimum atomic E-state index is -1.98. The molecule has 2 aliphatic carbocycles. The lowest BCUT2D eigenvalue weighted by Crippen LogP contribution is -2.43. The maximum atomic E-state index is 12.7. The second-order valence-electron chi connectivity index (χ2n) is 6.19. The first-order valence-corrected chi connectivity index (χ1v) is 10.5. The molecule has 21 heavy (non-hydrogen) atoms. The van der Waals surface area contributed by atoms with Gasteiger partial charge >= 0.3 is 5.97 Å². The third-order valence-electron chi connectivity index (χ3n) is 5.45. The summed E-state index contributed by atoms with van der Waals surface area (Å²) in [5.74, 6) is -0.853. The van der Waals surface area contributed by atoms with Crippen LogP contribution in [-0.2, 0) is 18.8 Å². The number of fused-ring (bicyclic) bond motifs is 2. The molecule has 0 aromatic carbocycles. The number of hydrogen-bond acceptors (Lipinski definition) is 4. The maximum Gasteiger partial charge on any atom is 0.310 e. The highest BCUT2D eigenvalue weighted by molar-refractivity contribution is 6.74. The van der Waals surface area contributed by atoms with Crippen molar-refractivity contribution in [3.8, 4) is 0 Å². The van der Waals surface area contributed by atoms with Crippen LogP contribution in [0.2, 0.25) is 18.1 Å². The summed E-state index contributed by atoms with van der Waals surface area (Å²) in [6, 6.07) is 2.81. The number of rotatable bonds is 6. The zero-order chi connectivity index (χ0) is 15.6. The highest BCUT2D eigenvalue weighted by Gasteiger charge is 2.53. The van der Waals surface area contributed by atoms with Crippen molar-refractivity contribution in [2.45, 2.75) is 45.3 Å². The lowest BCUT2D eigenvalue weighted by molar-refractivity contribution is -0.155. The number of allylic oxidation sites excluding steroid dienone is 2. The van der Waals surface area contributed by atoms with Crippen LogP contribution in [0.25, 0.3) is 0 Å². The third kappa shape index (κ3) is 2.80. The summed E-state index contributed by atoms with van der Waals surface area (Å²) in [6.07, 6.45) is 5.00. The number of methoxy groups -OCH3 is 1. The normalized spacial score (nSPS) is 30.5. The second kappa shape index (κ2) is 6.34. The Hall–Kier alpha value is -1.10. The van der Waals surface area contributed by atoms with Crippen molar-refractivity contribution in [1.29, 1.82) is 0 Å². The van der Waals surface area contributed by atoms with Gasteiger partial charge in [0.15, 0.2) is 0 Å². The van der Waals surface area contributed by atoms with Gasteiger partial charge < -0.3 is 9.16 Å². The number of hydrogen-bond donors (Lipinski definition) is 0. The molecule has 0 heterocycles. The molecule has 1 fully saturated rings. The first-order valence-electron chi connectivity index (χ1n) is 8.00. The predicted octanol–water partition coefficient (Wildman–Crippen LogP) is 3.15. The summed E-state index contributed by atoms with van der Waals surface area (Å²) >= 11 is 0. The van der Waals surface area contributed by atoms with E-state index in [1.54, 1.807) is 0 Å². The van der Waals surface area contributed by atoms with Crippen LogP contribution in [0.3, 0.4) is 0 Å². The zero-order valence-corrected chi connectivity index (χ0v) is 14.4. The highest BCUT2D eigenvalue weighted by Crippen LogP contribution is 2.49. The Balaban J connectivity index is 2.17. The van der Waals surface area contributed by atoms with Crippen LogP contribution in [0.4, 0.5) is 0 Å². The molecule has 0 aromatic rings. The van der Waals surface area contributed by atoms with E-state index in [1.807, 2.05) is 0 Å². The van der Waals surface area contributed by atoms with Gasteiger partial charge in [0.1, 0.15) is 0 Å². The van der Waals surface area contributed by atoms with Gasteiger partial charge in [-0.25, -0.2) is 0 Å². The number of ether oxygens (including phenoxy) is 1. The molecule has 0 N–H and O–H groups in total. The number of esters is 1. The van der Waals surface area contributed by atoms with Crippen LogP contribution in [-0.4, -0.2) is 27.4 Å². The Morgan fingerprint density at radius 3 is 1.90 bits per heavy atom. The van der Waals surface area contributed by atoms with E-state index in [-0.39, 0.29) is 35.6 Å². The fourth-order valence-electron chi connectivity index (χ4n) is 3.85. The molecule has 118 valence electrons. The Kier molecular flexibility index (Phi) is 4.91. The summed E-state index contributed by atoms with van der Waals surface area (Å²) < 4.78 is 10.9. The van der Waals surface area contributed by atoms with Gasteiger partial charge in [-0.3, -0.25) is 9.59 Å². The molecule has 0 aromatic heterocycles. The van der Waals surface area contributed by atoms with Crippen molar-refractivity contribution >= 4 is 20.3 Å². The third-order valence-corrected chi connectivity index (χ3v) is 9.96. The first-order chi connectivity index (χ1) is 10.0. The fraction of sp³-hybridized carbons (Fsp3) is 0.750. The molecule has 0 amide bonds. The van der Waals surface area contributed by atoms with Crippen LogP contribution >= 0.6 is 0 Å². The minimum Gasteiger partial charge on any atom is -0.519 e. The Labute approximate surface area is 128 Å². The monoisotopic (exact) mass is 310 g/mol. The predicted molar refractivity (Wildman–Crippen MR) is 83.0 cm³/mol. The van der Waals surface area contributed by atoms with Crippen LogP contribution in [0.15, 0.2) is 12.2 Å². The van der Waals surface area contributed by atoms with Crippen molar-refractivity contribution in [2.24, 2.45) is 23.7 Å². The lowest BCUT2D eigenvalue weighted by atomic mass is 9.83. The van der Waals surface area contributed by atoms with E-state index >= 15 is 0 Å². The van der Waals surface area contributed by atoms with Gasteiger partial charge in [0, 0.05) is 0 Å². The Morgan fingerprint density at radius 2 is 1.48 bits per heavy atom. The minimum absolute atomic E-state index is 0.140. The highest BCUT2D eigenvalue weighted by atomic mass is 28.4. The van der Waals surface area contributed by atoms with E-state index in [4.69, 9.17) is 9.16 Å². The Morgan fingerprint density at radius 1 is 1.00 bits per heavy atom. The maximum absolute atomic E-state index is 12.7. The van der Waals surface area contributed by atoms with Crippen molar-refractivity contribution in [3.63, 3.8) is 0 Å². The smallest absolute Gasteiger partial charge is 0.310 e. The SMILES string of the molecule is CC[Si](CC)(CC)OC(=O)C1C2C=CC(C2)C1C(=O)OC. The summed E-state index contributed by atoms with van der Waals surface area (Å²) in [5, 5.41) is 0. The van der Waals surface area contributed by atoms with Gasteiger partial charge in [-0.05, 0) is 36.4 Å². The largest absolute Gasteiger partial charge is 0.519 e. The first kappa shape index (κ1) is 16.3. The molecule has 4 nitrogen and oxygen atoms in total. The van der Waals surface area contributed by atoms with E-state index in [0.717, 1.165) is 24.6 Å². The molecule has 0 spiro atoms. The molecule has 0 aliphatic heterocycles. The molecule has 5 heteroatoms. The van der Waals surface area contributed by atoms with Gasteiger partial charge in [-0.15, -0.1) is 0 Å². The van der Waals surface area contributed by atoms with Gasteiger partial charge in [0.2, 0.25) is 0 Å². The molecule has 0 saturated heterocycles. The molecular formula is C16H26O4Si. The summed E-state index contributed by atoms with van der Waals surface area (Å²) in [6.45, 7) is 6.31. The summed E-state index contributed by atoms with van der Waals surface area (Å²) in [4.78, 5) is 24.8. The van der Waals surface area contributed by atoms with Gasteiger partial charge in [0.05, 0.1) is 18.9 Å². The van der Waals surface area contributed by atoms with E-state index in [1.165, 1.54) is 7.11 Å². The number of carbonyl (C=O) groups excluding carboxylic acids is 2. The zero-order valence-electron chi connectivity index (χ0n) is 13.4. The van der Waals surface area contributed by atoms with E-state index in [2.05, 4.69) is 32.9 Å². The van der Waals surface area contributed by atoms with Crippen LogP contribution in [0.1, 0.15) is 27.2 Å². The topological polar surface area (TPSA) is 52.6 Å². The molecule has 2 bridgehead atoms. The number of carbonyl (C=O) groups is 2. The molecule has 2 aliphatic rings. The second-order valence-corrected chi connectivity index (χ2v) is 10.9. The molecule has 4 atom stereocenters. The summed E-state index contributed by atoms with van der Waals surface area (Å²) in [7, 11) is -0.583. The Bertz CT molecular complexity index is 433. The quantitative estimate of drug-likeness (QED) is 0.429. The van der Waals surface area contributed by atoms with Crippen molar-refractivity contribution in [2.75, 3.05) is 7.11 Å². The van der Waals surface area contributed by atoms with E-state index in [0.29, 0.717) is 0 Å². The molecule has 2 rings (SSSR count). The van der Waals surface area contributed by atoms with E-state index < -0.39 is 8.32 Å². The van der Waals surface area contributed by atoms with Crippen molar-refractivity contribution in [3.05, 3.63) is 12.2 Å². The van der Waals surface area contributed by atoms with E-state index in [9.17, 15) is 9.59 Å². The standard InChI is InChI=1S/C16H26O4Si/c1-5-21(6-2,7-3)20-16(18)14-12-9-8-11(10-12)13(14)15(17)19-4/h8-9,11-14H,5-7,10H2,1-4H3. The van der Waals surface area contributed by atoms with Crippen LogP contribution in [0.5, 0.6) is 0 Å². The lowest BCUT2D eigenvalue weighted by Gasteiger charge is -2.32. The van der Waals surface area contributed by atoms with Gasteiger partial charge in [0.25, 0.3) is 14.3 Å². The molecule has 1 saturated carbocycles. The molecule has 4 unspecified atom stereocenters. The fourth-order valence-corrected chi connectivity index (χ4v) is 6.34. The summed E-state index contributed by atoms with van der Waals surface area (Å²) in [5.41, 5.74) is 0. The van der Waals surface area contributed by atoms with Crippen molar-refractivity contribution in [1.82, 2.24) is 0 Å². The molecule has 0 radical (unpaired) electrons. The van der Waals surface area contributed by atoms with Gasteiger partial charge in [-0.1, -0.05) is 32.9 Å². The molecular weight excluding hydrogens is 284 g/mol. The van der Waals surface area contributed by atoms with Gasteiger partial charge in [-0.2, -0.15) is 0 Å². The van der Waals surface area contributed by atoms with Crippen molar-refractivity contribution < 1.29 is 18.8 Å². The average molecular weight is 310 g/mol. The average Bonchev–Trinajstić information content (AvgIpc) is 3.12. The van der Waals surface area contributed by atoms with Crippen LogP contribution < -0.4 is 0 Å².